The molecular weight excluding hydrogens is 584 g/mol. The number of ether oxygens (including phenoxy) is 1. The fourth-order valence-electron chi connectivity index (χ4n) is 3.89. The van der Waals surface area contributed by atoms with Crippen LogP contribution in [0.3, 0.4) is 0 Å². The topological polar surface area (TPSA) is 140 Å². The van der Waals surface area contributed by atoms with Crippen molar-refractivity contribution in [3.05, 3.63) is 57.3 Å². The van der Waals surface area contributed by atoms with Crippen molar-refractivity contribution in [3.63, 3.8) is 0 Å². The molecule has 1 aliphatic rings. The number of carboxylic acid groups (broad SMARTS) is 1. The van der Waals surface area contributed by atoms with Crippen LogP contribution in [0.1, 0.15) is 31.4 Å². The van der Waals surface area contributed by atoms with E-state index in [-0.39, 0.29) is 33.8 Å². The standard InChI is InChI=1S/C22H24ClFN4O4S.C2HF3O2/c1-3-10-33(30,31)27-18-5-4-15(24)21(20(18)23)26-16-6-7-17-19(13(16)2)22(29)28(12-25-17)14-8-9-32-11-14;3-2(4,5)1(6)7/h4-7,12,14,26-27H,3,8-11H2,1-2H3;(H,6,7)/t14-;/m1./s1. The lowest BCUT2D eigenvalue weighted by atomic mass is 10.1. The summed E-state index contributed by atoms with van der Waals surface area (Å²) in [6.07, 6.45) is -2.40. The molecule has 2 aromatic carbocycles. The third-order valence-electron chi connectivity index (χ3n) is 5.84. The molecule has 0 radical (unpaired) electrons. The van der Waals surface area contributed by atoms with Gasteiger partial charge in [0.15, 0.2) is 0 Å². The first kappa shape index (κ1) is 31.1. The molecule has 0 spiro atoms. The lowest BCUT2D eigenvalue weighted by molar-refractivity contribution is -0.192. The molecule has 16 heteroatoms. The van der Waals surface area contributed by atoms with Gasteiger partial charge in [-0.25, -0.2) is 22.6 Å². The summed E-state index contributed by atoms with van der Waals surface area (Å²) in [5.74, 6) is -3.50. The Kier molecular flexibility index (Phi) is 9.64. The number of sulfonamides is 1. The van der Waals surface area contributed by atoms with E-state index in [0.29, 0.717) is 41.8 Å². The van der Waals surface area contributed by atoms with Crippen molar-refractivity contribution >= 4 is 55.6 Å². The van der Waals surface area contributed by atoms with Gasteiger partial charge in [-0.1, -0.05) is 18.5 Å². The zero-order chi connectivity index (χ0) is 29.8. The molecule has 40 heavy (non-hydrogen) atoms. The molecule has 1 saturated heterocycles. The van der Waals surface area contributed by atoms with Crippen LogP contribution < -0.4 is 15.6 Å². The van der Waals surface area contributed by atoms with Gasteiger partial charge in [0.1, 0.15) is 5.82 Å². The van der Waals surface area contributed by atoms with Crippen LogP contribution in [0.25, 0.3) is 10.9 Å². The quantitative estimate of drug-likeness (QED) is 0.319. The lowest BCUT2D eigenvalue weighted by Gasteiger charge is -2.17. The molecule has 1 aliphatic heterocycles. The van der Waals surface area contributed by atoms with E-state index in [2.05, 4.69) is 15.0 Å². The predicted molar refractivity (Wildman–Crippen MR) is 141 cm³/mol. The Morgan fingerprint density at radius 3 is 2.48 bits per heavy atom. The van der Waals surface area contributed by atoms with Gasteiger partial charge in [0.05, 0.1) is 52.0 Å². The highest BCUT2D eigenvalue weighted by molar-refractivity contribution is 7.92. The minimum atomic E-state index is -5.08. The zero-order valence-electron chi connectivity index (χ0n) is 21.2. The lowest BCUT2D eigenvalue weighted by Crippen LogP contribution is -2.26. The van der Waals surface area contributed by atoms with Crippen molar-refractivity contribution in [2.75, 3.05) is 29.0 Å². The number of benzene rings is 2. The SMILES string of the molecule is CCCS(=O)(=O)Nc1ccc(F)c(Nc2ccc3ncn([C@@H]4CCOC4)c(=O)c3c2C)c1Cl.O=C(O)C(F)(F)F. The Balaban J connectivity index is 0.000000559. The first-order valence-electron chi connectivity index (χ1n) is 11.8. The second kappa shape index (κ2) is 12.4. The number of nitrogens with zero attached hydrogens (tertiary/aromatic N) is 2. The van der Waals surface area contributed by atoms with Gasteiger partial charge >= 0.3 is 12.1 Å². The number of hydrogen-bond donors (Lipinski definition) is 3. The fourth-order valence-corrected chi connectivity index (χ4v) is 5.33. The van der Waals surface area contributed by atoms with Crippen LogP contribution in [0.15, 0.2) is 35.4 Å². The number of aromatic nitrogens is 2. The average Bonchev–Trinajstić information content (AvgIpc) is 3.39. The second-order valence-corrected chi connectivity index (χ2v) is 11.0. The smallest absolute Gasteiger partial charge is 0.475 e. The van der Waals surface area contributed by atoms with Crippen LogP contribution in [0.5, 0.6) is 0 Å². The highest BCUT2D eigenvalue weighted by Crippen LogP contribution is 2.36. The van der Waals surface area contributed by atoms with Gasteiger partial charge in [-0.3, -0.25) is 14.1 Å². The van der Waals surface area contributed by atoms with Crippen LogP contribution in [0.4, 0.5) is 34.6 Å². The number of fused-ring (bicyclic) bond motifs is 1. The summed E-state index contributed by atoms with van der Waals surface area (Å²) >= 11 is 6.36. The molecule has 0 unspecified atom stereocenters. The zero-order valence-corrected chi connectivity index (χ0v) is 22.8. The molecule has 0 bridgehead atoms. The minimum Gasteiger partial charge on any atom is -0.475 e. The van der Waals surface area contributed by atoms with Gasteiger partial charge < -0.3 is 15.2 Å². The molecule has 0 amide bonds. The molecule has 4 rings (SSSR count). The fraction of sp³-hybridized carbons (Fsp3) is 0.375. The van der Waals surface area contributed by atoms with Crippen molar-refractivity contribution < 1.29 is 40.6 Å². The highest BCUT2D eigenvalue weighted by Gasteiger charge is 2.38. The van der Waals surface area contributed by atoms with E-state index in [1.807, 2.05) is 0 Å². The maximum absolute atomic E-state index is 14.7. The van der Waals surface area contributed by atoms with Gasteiger partial charge in [-0.05, 0) is 49.6 Å². The molecule has 1 atom stereocenters. The Morgan fingerprint density at radius 1 is 1.25 bits per heavy atom. The van der Waals surface area contributed by atoms with E-state index in [0.717, 1.165) is 12.5 Å². The number of rotatable bonds is 7. The number of carbonyl (C=O) groups is 1. The summed E-state index contributed by atoms with van der Waals surface area (Å²) < 4.78 is 80.1. The van der Waals surface area contributed by atoms with Crippen LogP contribution >= 0.6 is 11.6 Å². The van der Waals surface area contributed by atoms with Gasteiger partial charge in [0, 0.05) is 12.3 Å². The number of nitrogens with one attached hydrogen (secondary N) is 2. The van der Waals surface area contributed by atoms with Gasteiger partial charge in [-0.2, -0.15) is 13.2 Å². The third kappa shape index (κ3) is 7.20. The normalized spacial score (nSPS) is 15.4. The first-order chi connectivity index (χ1) is 18.7. The number of halogens is 5. The minimum absolute atomic E-state index is 0.0673. The van der Waals surface area contributed by atoms with Crippen molar-refractivity contribution in [1.82, 2.24) is 9.55 Å². The van der Waals surface area contributed by atoms with Crippen molar-refractivity contribution in [1.29, 1.82) is 0 Å². The van der Waals surface area contributed by atoms with Gasteiger partial charge in [0.2, 0.25) is 10.0 Å². The number of aliphatic carboxylic acids is 1. The molecule has 1 fully saturated rings. The van der Waals surface area contributed by atoms with Crippen LogP contribution in [0.2, 0.25) is 5.02 Å². The summed E-state index contributed by atoms with van der Waals surface area (Å²) in [5.41, 5.74) is 1.32. The molecule has 1 aromatic heterocycles. The second-order valence-electron chi connectivity index (χ2n) is 8.74. The number of hydrogen-bond acceptors (Lipinski definition) is 7. The van der Waals surface area contributed by atoms with Crippen LogP contribution in [0, 0.1) is 12.7 Å². The van der Waals surface area contributed by atoms with Crippen molar-refractivity contribution in [2.24, 2.45) is 0 Å². The van der Waals surface area contributed by atoms with E-state index >= 15 is 0 Å². The molecule has 0 aliphatic carbocycles. The van der Waals surface area contributed by atoms with E-state index in [4.69, 9.17) is 26.2 Å². The number of aryl methyl sites for hydroxylation is 1. The summed E-state index contributed by atoms with van der Waals surface area (Å²) in [6.45, 7) is 4.52. The van der Waals surface area contributed by atoms with E-state index in [9.17, 15) is 30.8 Å². The Hall–Kier alpha value is -3.43. The third-order valence-corrected chi connectivity index (χ3v) is 7.71. The molecule has 2 heterocycles. The monoisotopic (exact) mass is 608 g/mol. The van der Waals surface area contributed by atoms with Crippen molar-refractivity contribution in [3.8, 4) is 0 Å². The Morgan fingerprint density at radius 2 is 1.90 bits per heavy atom. The predicted octanol–water partition coefficient (Wildman–Crippen LogP) is 4.99. The van der Waals surface area contributed by atoms with Crippen molar-refractivity contribution in [2.45, 2.75) is 38.9 Å². The maximum atomic E-state index is 14.7. The molecule has 0 saturated carbocycles. The van der Waals surface area contributed by atoms with E-state index in [1.165, 1.54) is 12.4 Å². The maximum Gasteiger partial charge on any atom is 0.490 e. The highest BCUT2D eigenvalue weighted by atomic mass is 35.5. The molecule has 218 valence electrons. The van der Waals surface area contributed by atoms with Gasteiger partial charge in [0.25, 0.3) is 5.56 Å². The van der Waals surface area contributed by atoms with Gasteiger partial charge in [-0.15, -0.1) is 0 Å². The van der Waals surface area contributed by atoms with Crippen LogP contribution in [-0.2, 0) is 19.6 Å². The summed E-state index contributed by atoms with van der Waals surface area (Å²) in [5, 5.41) is 10.4. The number of alkyl halides is 3. The molecular formula is C24H25ClF4N4O6S. The Labute approximate surface area is 231 Å². The summed E-state index contributed by atoms with van der Waals surface area (Å²) in [4.78, 5) is 26.5. The number of anilines is 3. The Bertz CT molecular complexity index is 1570. The van der Waals surface area contributed by atoms with Crippen LogP contribution in [-0.4, -0.2) is 54.2 Å². The first-order valence-corrected chi connectivity index (χ1v) is 13.8. The number of carboxylic acids is 1. The average molecular weight is 609 g/mol. The largest absolute Gasteiger partial charge is 0.490 e. The summed E-state index contributed by atoms with van der Waals surface area (Å²) in [7, 11) is -3.61. The molecule has 3 aromatic rings. The molecule has 10 nitrogen and oxygen atoms in total. The molecule has 3 N–H and O–H groups in total. The van der Waals surface area contributed by atoms with E-state index < -0.39 is 28.0 Å². The van der Waals surface area contributed by atoms with E-state index in [1.54, 1.807) is 30.5 Å². The summed E-state index contributed by atoms with van der Waals surface area (Å²) in [6, 6.07) is 5.67.